The van der Waals surface area contributed by atoms with Gasteiger partial charge in [-0.25, -0.2) is 0 Å². The molecule has 0 aromatic carbocycles. The normalized spacial score (nSPS) is 21.4. The van der Waals surface area contributed by atoms with Gasteiger partial charge in [-0.1, -0.05) is 25.7 Å². The summed E-state index contributed by atoms with van der Waals surface area (Å²) in [5.74, 6) is 1.43. The number of carbonyl (C=O) groups is 2. The molecule has 2 fully saturated rings. The van der Waals surface area contributed by atoms with Crippen LogP contribution in [0.2, 0.25) is 0 Å². The third-order valence-corrected chi connectivity index (χ3v) is 4.91. The molecule has 2 aliphatic rings. The maximum absolute atomic E-state index is 11.9. The van der Waals surface area contributed by atoms with E-state index in [1.54, 1.807) is 0 Å². The zero-order valence-electron chi connectivity index (χ0n) is 13.3. The molecular formula is C17H30N2O2. The highest BCUT2D eigenvalue weighted by molar-refractivity contribution is 5.77. The van der Waals surface area contributed by atoms with Crippen LogP contribution in [0.5, 0.6) is 0 Å². The summed E-state index contributed by atoms with van der Waals surface area (Å²) >= 11 is 0. The van der Waals surface area contributed by atoms with Crippen molar-refractivity contribution in [1.29, 1.82) is 0 Å². The van der Waals surface area contributed by atoms with E-state index in [1.165, 1.54) is 51.4 Å². The van der Waals surface area contributed by atoms with Crippen molar-refractivity contribution in [3.8, 4) is 0 Å². The molecule has 0 aliphatic heterocycles. The standard InChI is InChI=1S/C17H30N2O2/c1-13(19-17(21)11-15-8-4-5-9-15)12-18-16(20)10-14-6-2-3-7-14/h13-15H,2-12H2,1H3,(H,18,20)(H,19,21). The van der Waals surface area contributed by atoms with Crippen LogP contribution >= 0.6 is 0 Å². The second-order valence-corrected chi connectivity index (χ2v) is 6.98. The van der Waals surface area contributed by atoms with Crippen LogP contribution in [0.25, 0.3) is 0 Å². The highest BCUT2D eigenvalue weighted by Gasteiger charge is 2.20. The number of nitrogens with one attached hydrogen (secondary N) is 2. The van der Waals surface area contributed by atoms with Crippen LogP contribution in [0, 0.1) is 11.8 Å². The Bertz CT molecular complexity index is 345. The summed E-state index contributed by atoms with van der Waals surface area (Å²) in [7, 11) is 0. The summed E-state index contributed by atoms with van der Waals surface area (Å²) in [6.45, 7) is 2.50. The average molecular weight is 294 g/mol. The Balaban J connectivity index is 1.56. The average Bonchev–Trinajstić information content (AvgIpc) is 3.10. The van der Waals surface area contributed by atoms with Gasteiger partial charge in [0.2, 0.25) is 11.8 Å². The minimum absolute atomic E-state index is 0.0198. The maximum Gasteiger partial charge on any atom is 0.220 e. The summed E-state index contributed by atoms with van der Waals surface area (Å²) < 4.78 is 0. The highest BCUT2D eigenvalue weighted by atomic mass is 16.2. The Morgan fingerprint density at radius 1 is 0.905 bits per heavy atom. The molecule has 120 valence electrons. The highest BCUT2D eigenvalue weighted by Crippen LogP contribution is 2.28. The monoisotopic (exact) mass is 294 g/mol. The molecule has 2 amide bonds. The summed E-state index contributed by atoms with van der Waals surface area (Å²) in [5, 5.41) is 5.96. The third kappa shape index (κ3) is 6.06. The molecular weight excluding hydrogens is 264 g/mol. The molecule has 4 nitrogen and oxygen atoms in total. The smallest absolute Gasteiger partial charge is 0.220 e. The predicted molar refractivity (Wildman–Crippen MR) is 83.8 cm³/mol. The molecule has 0 saturated heterocycles. The van der Waals surface area contributed by atoms with Gasteiger partial charge in [0, 0.05) is 25.4 Å². The van der Waals surface area contributed by atoms with Crippen LogP contribution in [-0.2, 0) is 9.59 Å². The molecule has 0 aromatic rings. The van der Waals surface area contributed by atoms with Crippen LogP contribution in [0.3, 0.4) is 0 Å². The number of hydrogen-bond acceptors (Lipinski definition) is 2. The molecule has 1 unspecified atom stereocenters. The van der Waals surface area contributed by atoms with E-state index in [0.717, 1.165) is 0 Å². The van der Waals surface area contributed by atoms with Gasteiger partial charge in [0.05, 0.1) is 0 Å². The molecule has 1 atom stereocenters. The van der Waals surface area contributed by atoms with Crippen molar-refractivity contribution in [1.82, 2.24) is 10.6 Å². The number of carbonyl (C=O) groups excluding carboxylic acids is 2. The lowest BCUT2D eigenvalue weighted by molar-refractivity contribution is -0.124. The van der Waals surface area contributed by atoms with E-state index in [2.05, 4.69) is 10.6 Å². The molecule has 0 aromatic heterocycles. The van der Waals surface area contributed by atoms with Crippen LogP contribution in [-0.4, -0.2) is 24.4 Å². The molecule has 0 spiro atoms. The van der Waals surface area contributed by atoms with Gasteiger partial charge in [0.25, 0.3) is 0 Å². The van der Waals surface area contributed by atoms with Crippen molar-refractivity contribution in [2.75, 3.05) is 6.54 Å². The Hall–Kier alpha value is -1.06. The summed E-state index contributed by atoms with van der Waals surface area (Å²) in [6, 6.07) is 0.0198. The first-order chi connectivity index (χ1) is 10.1. The minimum Gasteiger partial charge on any atom is -0.354 e. The van der Waals surface area contributed by atoms with Gasteiger partial charge in [0.15, 0.2) is 0 Å². The molecule has 2 N–H and O–H groups in total. The van der Waals surface area contributed by atoms with E-state index < -0.39 is 0 Å². The van der Waals surface area contributed by atoms with Gasteiger partial charge in [-0.3, -0.25) is 9.59 Å². The molecule has 0 bridgehead atoms. The van der Waals surface area contributed by atoms with Gasteiger partial charge in [-0.05, 0) is 44.4 Å². The molecule has 0 radical (unpaired) electrons. The first kappa shape index (κ1) is 16.3. The van der Waals surface area contributed by atoms with Crippen molar-refractivity contribution in [3.63, 3.8) is 0 Å². The first-order valence-corrected chi connectivity index (χ1v) is 8.69. The van der Waals surface area contributed by atoms with Crippen LogP contribution in [0.15, 0.2) is 0 Å². The minimum atomic E-state index is 0.0198. The Labute approximate surface area is 128 Å². The van der Waals surface area contributed by atoms with Crippen LogP contribution < -0.4 is 10.6 Å². The zero-order valence-corrected chi connectivity index (χ0v) is 13.3. The quantitative estimate of drug-likeness (QED) is 0.758. The van der Waals surface area contributed by atoms with Crippen molar-refractivity contribution in [2.45, 2.75) is 77.2 Å². The van der Waals surface area contributed by atoms with Crippen molar-refractivity contribution in [3.05, 3.63) is 0 Å². The van der Waals surface area contributed by atoms with Gasteiger partial charge in [-0.15, -0.1) is 0 Å². The Morgan fingerprint density at radius 3 is 1.90 bits per heavy atom. The number of hydrogen-bond donors (Lipinski definition) is 2. The van der Waals surface area contributed by atoms with E-state index in [1.807, 2.05) is 6.92 Å². The zero-order chi connectivity index (χ0) is 15.1. The number of rotatable bonds is 7. The molecule has 2 rings (SSSR count). The molecule has 4 heteroatoms. The summed E-state index contributed by atoms with van der Waals surface area (Å²) in [6.07, 6.45) is 11.2. The van der Waals surface area contributed by atoms with Gasteiger partial charge >= 0.3 is 0 Å². The predicted octanol–water partition coefficient (Wildman–Crippen LogP) is 2.77. The summed E-state index contributed by atoms with van der Waals surface area (Å²) in [5.41, 5.74) is 0. The SMILES string of the molecule is CC(CNC(=O)CC1CCCC1)NC(=O)CC1CCCC1. The second-order valence-electron chi connectivity index (χ2n) is 6.98. The van der Waals surface area contributed by atoms with Crippen LogP contribution in [0.4, 0.5) is 0 Å². The van der Waals surface area contributed by atoms with E-state index >= 15 is 0 Å². The van der Waals surface area contributed by atoms with Crippen molar-refractivity contribution in [2.24, 2.45) is 11.8 Å². The fraction of sp³-hybridized carbons (Fsp3) is 0.882. The molecule has 2 saturated carbocycles. The first-order valence-electron chi connectivity index (χ1n) is 8.69. The van der Waals surface area contributed by atoms with E-state index in [0.29, 0.717) is 31.2 Å². The topological polar surface area (TPSA) is 58.2 Å². The fourth-order valence-corrected chi connectivity index (χ4v) is 3.68. The number of amides is 2. The Kier molecular flexibility index (Phi) is 6.52. The van der Waals surface area contributed by atoms with Gasteiger partial charge < -0.3 is 10.6 Å². The fourth-order valence-electron chi connectivity index (χ4n) is 3.68. The van der Waals surface area contributed by atoms with Crippen molar-refractivity contribution < 1.29 is 9.59 Å². The molecule has 2 aliphatic carbocycles. The lowest BCUT2D eigenvalue weighted by Crippen LogP contribution is -2.42. The third-order valence-electron chi connectivity index (χ3n) is 4.91. The molecule has 21 heavy (non-hydrogen) atoms. The lowest BCUT2D eigenvalue weighted by atomic mass is 10.0. The lowest BCUT2D eigenvalue weighted by Gasteiger charge is -2.17. The largest absolute Gasteiger partial charge is 0.354 e. The van der Waals surface area contributed by atoms with Crippen LogP contribution in [0.1, 0.15) is 71.1 Å². The van der Waals surface area contributed by atoms with E-state index in [9.17, 15) is 9.59 Å². The van der Waals surface area contributed by atoms with Gasteiger partial charge in [0.1, 0.15) is 0 Å². The second kappa shape index (κ2) is 8.40. The van der Waals surface area contributed by atoms with Gasteiger partial charge in [-0.2, -0.15) is 0 Å². The van der Waals surface area contributed by atoms with E-state index in [4.69, 9.17) is 0 Å². The Morgan fingerprint density at radius 2 is 1.38 bits per heavy atom. The van der Waals surface area contributed by atoms with Crippen molar-refractivity contribution >= 4 is 11.8 Å². The molecule has 0 heterocycles. The summed E-state index contributed by atoms with van der Waals surface area (Å²) in [4.78, 5) is 23.8. The maximum atomic E-state index is 11.9. The van der Waals surface area contributed by atoms with E-state index in [-0.39, 0.29) is 17.9 Å².